The fourth-order valence-electron chi connectivity index (χ4n) is 1.16. The zero-order valence-corrected chi connectivity index (χ0v) is 9.67. The number of carboxylic acids is 1. The highest BCUT2D eigenvalue weighted by Crippen LogP contribution is 2.21. The van der Waals surface area contributed by atoms with Crippen molar-refractivity contribution in [2.24, 2.45) is 0 Å². The van der Waals surface area contributed by atoms with Gasteiger partial charge in [0.2, 0.25) is 0 Å². The van der Waals surface area contributed by atoms with Gasteiger partial charge >= 0.3 is 5.97 Å². The Labute approximate surface area is 94.0 Å². The first kappa shape index (κ1) is 11.9. The van der Waals surface area contributed by atoms with Gasteiger partial charge in [0.15, 0.2) is 0 Å². The van der Waals surface area contributed by atoms with Crippen LogP contribution in [0.1, 0.15) is 22.8 Å². The van der Waals surface area contributed by atoms with Crippen LogP contribution in [0, 0.1) is 6.92 Å². The number of aryl methyl sites for hydroxylation is 1. The second-order valence-electron chi connectivity index (χ2n) is 3.16. The Morgan fingerprint density at radius 2 is 2.27 bits per heavy atom. The second kappa shape index (κ2) is 5.61. The SMILES string of the molecule is C/C=C/CSc1ccc(C)c(C(=O)O)c1. The molecule has 0 unspecified atom stereocenters. The Balaban J connectivity index is 2.83. The van der Waals surface area contributed by atoms with Crippen LogP contribution >= 0.6 is 11.8 Å². The van der Waals surface area contributed by atoms with Crippen LogP contribution in [0.25, 0.3) is 0 Å². The van der Waals surface area contributed by atoms with Gasteiger partial charge in [0, 0.05) is 10.6 Å². The molecular weight excluding hydrogens is 208 g/mol. The molecule has 0 fully saturated rings. The summed E-state index contributed by atoms with van der Waals surface area (Å²) in [5.74, 6) is 0.0134. The summed E-state index contributed by atoms with van der Waals surface area (Å²) in [6.07, 6.45) is 4.03. The number of rotatable bonds is 4. The van der Waals surface area contributed by atoms with E-state index in [9.17, 15) is 4.79 Å². The minimum absolute atomic E-state index is 0.389. The monoisotopic (exact) mass is 222 g/mol. The van der Waals surface area contributed by atoms with Crippen LogP contribution in [-0.4, -0.2) is 16.8 Å². The van der Waals surface area contributed by atoms with E-state index >= 15 is 0 Å². The topological polar surface area (TPSA) is 37.3 Å². The molecule has 0 heterocycles. The molecule has 3 heteroatoms. The summed E-state index contributed by atoms with van der Waals surface area (Å²) in [5.41, 5.74) is 1.19. The third-order valence-corrected chi connectivity index (χ3v) is 2.97. The lowest BCUT2D eigenvalue weighted by molar-refractivity contribution is 0.0696. The van der Waals surface area contributed by atoms with E-state index in [4.69, 9.17) is 5.11 Å². The van der Waals surface area contributed by atoms with Gasteiger partial charge in [0.1, 0.15) is 0 Å². The second-order valence-corrected chi connectivity index (χ2v) is 4.26. The number of hydrogen-bond donors (Lipinski definition) is 1. The normalized spacial score (nSPS) is 10.8. The average molecular weight is 222 g/mol. The molecule has 0 saturated heterocycles. The van der Waals surface area contributed by atoms with Crippen molar-refractivity contribution in [1.82, 2.24) is 0 Å². The van der Waals surface area contributed by atoms with E-state index in [1.807, 2.05) is 38.1 Å². The van der Waals surface area contributed by atoms with E-state index in [1.165, 1.54) is 0 Å². The summed E-state index contributed by atoms with van der Waals surface area (Å²) in [6.45, 7) is 3.78. The Bertz CT molecular complexity index is 383. The number of carboxylic acid groups (broad SMARTS) is 1. The number of carbonyl (C=O) groups is 1. The molecule has 0 aliphatic rings. The molecule has 0 spiro atoms. The molecule has 0 atom stereocenters. The first-order valence-electron chi connectivity index (χ1n) is 4.73. The van der Waals surface area contributed by atoms with Gasteiger partial charge in [-0.2, -0.15) is 0 Å². The Morgan fingerprint density at radius 1 is 1.53 bits per heavy atom. The summed E-state index contributed by atoms with van der Waals surface area (Å²) >= 11 is 1.64. The zero-order chi connectivity index (χ0) is 11.3. The molecule has 1 N–H and O–H groups in total. The van der Waals surface area contributed by atoms with Gasteiger partial charge in [-0.25, -0.2) is 4.79 Å². The quantitative estimate of drug-likeness (QED) is 0.627. The minimum atomic E-state index is -0.860. The molecule has 1 aromatic rings. The van der Waals surface area contributed by atoms with Crippen LogP contribution in [0.5, 0.6) is 0 Å². The lowest BCUT2D eigenvalue weighted by Gasteiger charge is -2.03. The van der Waals surface area contributed by atoms with Gasteiger partial charge in [-0.15, -0.1) is 11.8 Å². The molecule has 15 heavy (non-hydrogen) atoms. The molecule has 0 amide bonds. The van der Waals surface area contributed by atoms with Crippen LogP contribution < -0.4 is 0 Å². The predicted octanol–water partition coefficient (Wildman–Crippen LogP) is 3.36. The highest BCUT2D eigenvalue weighted by Gasteiger charge is 2.07. The van der Waals surface area contributed by atoms with E-state index in [-0.39, 0.29) is 0 Å². The number of thioether (sulfide) groups is 1. The number of hydrogen-bond acceptors (Lipinski definition) is 2. The smallest absolute Gasteiger partial charge is 0.335 e. The van der Waals surface area contributed by atoms with E-state index in [2.05, 4.69) is 0 Å². The highest BCUT2D eigenvalue weighted by molar-refractivity contribution is 7.99. The molecule has 0 aromatic heterocycles. The Kier molecular flexibility index (Phi) is 4.43. The summed E-state index contributed by atoms with van der Waals surface area (Å²) in [7, 11) is 0. The Morgan fingerprint density at radius 3 is 2.87 bits per heavy atom. The predicted molar refractivity (Wildman–Crippen MR) is 63.7 cm³/mol. The van der Waals surface area contributed by atoms with Crippen molar-refractivity contribution >= 4 is 17.7 Å². The lowest BCUT2D eigenvalue weighted by Crippen LogP contribution is -1.99. The number of benzene rings is 1. The molecule has 2 nitrogen and oxygen atoms in total. The maximum atomic E-state index is 10.9. The van der Waals surface area contributed by atoms with E-state index in [1.54, 1.807) is 17.8 Å². The van der Waals surface area contributed by atoms with Crippen molar-refractivity contribution < 1.29 is 9.90 Å². The third kappa shape index (κ3) is 3.44. The standard InChI is InChI=1S/C12H14O2S/c1-3-4-7-15-10-6-5-9(2)11(8-10)12(13)14/h3-6,8H,7H2,1-2H3,(H,13,14)/b4-3+. The molecule has 1 rings (SSSR count). The van der Waals surface area contributed by atoms with Crippen LogP contribution in [0.15, 0.2) is 35.2 Å². The van der Waals surface area contributed by atoms with Crippen molar-refractivity contribution in [3.05, 3.63) is 41.5 Å². The molecule has 0 radical (unpaired) electrons. The van der Waals surface area contributed by atoms with E-state index < -0.39 is 5.97 Å². The molecule has 0 aliphatic carbocycles. The largest absolute Gasteiger partial charge is 0.478 e. The van der Waals surface area contributed by atoms with Crippen molar-refractivity contribution in [1.29, 1.82) is 0 Å². The van der Waals surface area contributed by atoms with Crippen molar-refractivity contribution in [2.75, 3.05) is 5.75 Å². The van der Waals surface area contributed by atoms with Crippen molar-refractivity contribution in [3.8, 4) is 0 Å². The molecular formula is C12H14O2S. The van der Waals surface area contributed by atoms with Crippen molar-refractivity contribution in [2.45, 2.75) is 18.7 Å². The van der Waals surface area contributed by atoms with Crippen LogP contribution in [-0.2, 0) is 0 Å². The van der Waals surface area contributed by atoms with Gasteiger partial charge < -0.3 is 5.11 Å². The number of allylic oxidation sites excluding steroid dienone is 1. The maximum Gasteiger partial charge on any atom is 0.335 e. The molecule has 0 aliphatic heterocycles. The first-order valence-corrected chi connectivity index (χ1v) is 5.71. The molecule has 0 saturated carbocycles. The highest BCUT2D eigenvalue weighted by atomic mass is 32.2. The minimum Gasteiger partial charge on any atom is -0.478 e. The number of aromatic carboxylic acids is 1. The molecule has 80 valence electrons. The van der Waals surface area contributed by atoms with E-state index in [0.717, 1.165) is 16.2 Å². The third-order valence-electron chi connectivity index (χ3n) is 2.02. The molecule has 0 bridgehead atoms. The maximum absolute atomic E-state index is 10.9. The first-order chi connectivity index (χ1) is 7.15. The van der Waals surface area contributed by atoms with Crippen LogP contribution in [0.3, 0.4) is 0 Å². The zero-order valence-electron chi connectivity index (χ0n) is 8.86. The fraction of sp³-hybridized carbons (Fsp3) is 0.250. The lowest BCUT2D eigenvalue weighted by atomic mass is 10.1. The van der Waals surface area contributed by atoms with Crippen LogP contribution in [0.2, 0.25) is 0 Å². The van der Waals surface area contributed by atoms with Gasteiger partial charge in [-0.3, -0.25) is 0 Å². The van der Waals surface area contributed by atoms with Gasteiger partial charge in [0.25, 0.3) is 0 Å². The molecule has 1 aromatic carbocycles. The van der Waals surface area contributed by atoms with Crippen molar-refractivity contribution in [3.63, 3.8) is 0 Å². The Hall–Kier alpha value is -1.22. The summed E-state index contributed by atoms with van der Waals surface area (Å²) in [5, 5.41) is 8.94. The van der Waals surface area contributed by atoms with E-state index in [0.29, 0.717) is 5.56 Å². The van der Waals surface area contributed by atoms with Gasteiger partial charge in [-0.05, 0) is 31.5 Å². The average Bonchev–Trinajstić information content (AvgIpc) is 2.20. The summed E-state index contributed by atoms with van der Waals surface area (Å²) in [6, 6.07) is 5.53. The summed E-state index contributed by atoms with van der Waals surface area (Å²) < 4.78 is 0. The van der Waals surface area contributed by atoms with Gasteiger partial charge in [-0.1, -0.05) is 18.2 Å². The fourth-order valence-corrected chi connectivity index (χ4v) is 2.01. The van der Waals surface area contributed by atoms with Gasteiger partial charge in [0.05, 0.1) is 5.56 Å². The summed E-state index contributed by atoms with van der Waals surface area (Å²) in [4.78, 5) is 11.9. The van der Waals surface area contributed by atoms with Crippen LogP contribution in [0.4, 0.5) is 0 Å².